The smallest absolute Gasteiger partial charge is 0.119 e. The van der Waals surface area contributed by atoms with Crippen molar-refractivity contribution in [3.8, 4) is 5.75 Å². The van der Waals surface area contributed by atoms with Gasteiger partial charge in [0.15, 0.2) is 0 Å². The highest BCUT2D eigenvalue weighted by atomic mass is 79.9. The Morgan fingerprint density at radius 3 is 2.61 bits per heavy atom. The molecule has 1 heterocycles. The lowest BCUT2D eigenvalue weighted by Gasteiger charge is -2.32. The SMILES string of the molecule is CN1CCN(CCCc2ccc(Br)cc2O)CC1. The summed E-state index contributed by atoms with van der Waals surface area (Å²) in [4.78, 5) is 4.88. The van der Waals surface area contributed by atoms with Crippen LogP contribution in [0.3, 0.4) is 0 Å². The summed E-state index contributed by atoms with van der Waals surface area (Å²) >= 11 is 3.36. The van der Waals surface area contributed by atoms with Gasteiger partial charge in [0.25, 0.3) is 0 Å². The lowest BCUT2D eigenvalue weighted by molar-refractivity contribution is 0.153. The fourth-order valence-electron chi connectivity index (χ4n) is 2.31. The molecule has 0 saturated carbocycles. The third kappa shape index (κ3) is 3.97. The predicted octanol–water partition coefficient (Wildman–Crippen LogP) is 2.33. The maximum absolute atomic E-state index is 9.81. The number of benzene rings is 1. The number of aryl methyl sites for hydroxylation is 1. The van der Waals surface area contributed by atoms with Gasteiger partial charge in [-0.25, -0.2) is 0 Å². The molecule has 1 aliphatic heterocycles. The summed E-state index contributed by atoms with van der Waals surface area (Å²) in [6.45, 7) is 5.81. The van der Waals surface area contributed by atoms with Crippen molar-refractivity contribution >= 4 is 15.9 Å². The van der Waals surface area contributed by atoms with E-state index in [1.807, 2.05) is 12.1 Å². The van der Waals surface area contributed by atoms with Crippen LogP contribution in [0.4, 0.5) is 0 Å². The number of likely N-dealkylation sites (N-methyl/N-ethyl adjacent to an activating group) is 1. The first kappa shape index (κ1) is 13.8. The molecule has 0 unspecified atom stereocenters. The molecule has 1 aromatic rings. The van der Waals surface area contributed by atoms with Crippen LogP contribution < -0.4 is 0 Å². The zero-order valence-electron chi connectivity index (χ0n) is 10.9. The average molecular weight is 313 g/mol. The van der Waals surface area contributed by atoms with Gasteiger partial charge in [-0.05, 0) is 44.1 Å². The van der Waals surface area contributed by atoms with Gasteiger partial charge in [0, 0.05) is 30.7 Å². The van der Waals surface area contributed by atoms with Crippen LogP contribution in [0.15, 0.2) is 22.7 Å². The maximum Gasteiger partial charge on any atom is 0.119 e. The van der Waals surface area contributed by atoms with E-state index in [-0.39, 0.29) is 0 Å². The third-order valence-corrected chi connectivity index (χ3v) is 4.06. The van der Waals surface area contributed by atoms with Gasteiger partial charge in [0.1, 0.15) is 5.75 Å². The first-order chi connectivity index (χ1) is 8.65. The minimum absolute atomic E-state index is 0.405. The number of nitrogens with zero attached hydrogens (tertiary/aromatic N) is 2. The Morgan fingerprint density at radius 1 is 1.22 bits per heavy atom. The largest absolute Gasteiger partial charge is 0.508 e. The van der Waals surface area contributed by atoms with Crippen LogP contribution in [0.5, 0.6) is 5.75 Å². The predicted molar refractivity (Wildman–Crippen MR) is 78.1 cm³/mol. The van der Waals surface area contributed by atoms with Crippen LogP contribution >= 0.6 is 15.9 Å². The Hall–Kier alpha value is -0.580. The van der Waals surface area contributed by atoms with Crippen molar-refractivity contribution < 1.29 is 5.11 Å². The second-order valence-corrected chi connectivity index (χ2v) is 5.94. The molecule has 0 aromatic heterocycles. The van der Waals surface area contributed by atoms with Crippen LogP contribution in [0.2, 0.25) is 0 Å². The summed E-state index contributed by atoms with van der Waals surface area (Å²) in [6, 6.07) is 5.76. The van der Waals surface area contributed by atoms with E-state index < -0.39 is 0 Å². The molecule has 1 saturated heterocycles. The molecule has 0 spiro atoms. The van der Waals surface area contributed by atoms with E-state index in [1.54, 1.807) is 6.07 Å². The van der Waals surface area contributed by atoms with Gasteiger partial charge in [-0.15, -0.1) is 0 Å². The second kappa shape index (κ2) is 6.55. The highest BCUT2D eigenvalue weighted by Crippen LogP contribution is 2.23. The summed E-state index contributed by atoms with van der Waals surface area (Å²) in [7, 11) is 2.18. The van der Waals surface area contributed by atoms with Gasteiger partial charge < -0.3 is 14.9 Å². The molecule has 100 valence electrons. The molecule has 3 nitrogen and oxygen atoms in total. The molecular formula is C14H21BrN2O. The summed E-state index contributed by atoms with van der Waals surface area (Å²) < 4.78 is 0.933. The molecule has 1 aliphatic rings. The normalized spacial score (nSPS) is 18.1. The Labute approximate surface area is 118 Å². The van der Waals surface area contributed by atoms with Crippen molar-refractivity contribution in [1.82, 2.24) is 9.80 Å². The number of phenolic OH excluding ortho intramolecular Hbond substituents is 1. The van der Waals surface area contributed by atoms with Gasteiger partial charge in [-0.3, -0.25) is 0 Å². The number of rotatable bonds is 4. The molecule has 1 N–H and O–H groups in total. The standard InChI is InChI=1S/C14H21BrN2O/c1-16-7-9-17(10-8-16)6-2-3-12-4-5-13(15)11-14(12)18/h4-5,11,18H,2-3,6-10H2,1H3. The van der Waals surface area contributed by atoms with Crippen LogP contribution in [-0.4, -0.2) is 54.7 Å². The summed E-state index contributed by atoms with van der Waals surface area (Å²) in [5.41, 5.74) is 1.05. The summed E-state index contributed by atoms with van der Waals surface area (Å²) in [5, 5.41) is 9.81. The molecule has 1 aromatic carbocycles. The molecule has 0 atom stereocenters. The number of phenols is 1. The monoisotopic (exact) mass is 312 g/mol. The van der Waals surface area contributed by atoms with Crippen LogP contribution in [0.25, 0.3) is 0 Å². The molecule has 0 aliphatic carbocycles. The minimum Gasteiger partial charge on any atom is -0.508 e. The number of hydrogen-bond donors (Lipinski definition) is 1. The zero-order chi connectivity index (χ0) is 13.0. The van der Waals surface area contributed by atoms with Gasteiger partial charge in [-0.2, -0.15) is 0 Å². The van der Waals surface area contributed by atoms with Crippen molar-refractivity contribution in [1.29, 1.82) is 0 Å². The van der Waals surface area contributed by atoms with E-state index >= 15 is 0 Å². The molecule has 0 amide bonds. The van der Waals surface area contributed by atoms with Crippen molar-refractivity contribution in [3.63, 3.8) is 0 Å². The van der Waals surface area contributed by atoms with Gasteiger partial charge in [0.05, 0.1) is 0 Å². The van der Waals surface area contributed by atoms with E-state index in [0.717, 1.165) is 29.4 Å². The number of hydrogen-bond acceptors (Lipinski definition) is 3. The maximum atomic E-state index is 9.81. The van der Waals surface area contributed by atoms with Crippen LogP contribution in [-0.2, 0) is 6.42 Å². The fraction of sp³-hybridized carbons (Fsp3) is 0.571. The topological polar surface area (TPSA) is 26.7 Å². The van der Waals surface area contributed by atoms with Gasteiger partial charge >= 0.3 is 0 Å². The van der Waals surface area contributed by atoms with E-state index in [4.69, 9.17) is 0 Å². The lowest BCUT2D eigenvalue weighted by atomic mass is 10.1. The summed E-state index contributed by atoms with van der Waals surface area (Å²) in [5.74, 6) is 0.405. The lowest BCUT2D eigenvalue weighted by Crippen LogP contribution is -2.44. The van der Waals surface area contributed by atoms with Crippen molar-refractivity contribution in [2.45, 2.75) is 12.8 Å². The number of aromatic hydroxyl groups is 1. The molecular weight excluding hydrogens is 292 g/mol. The zero-order valence-corrected chi connectivity index (χ0v) is 12.5. The van der Waals surface area contributed by atoms with Crippen LogP contribution in [0.1, 0.15) is 12.0 Å². The highest BCUT2D eigenvalue weighted by molar-refractivity contribution is 9.10. The number of halogens is 1. The van der Waals surface area contributed by atoms with E-state index in [1.165, 1.54) is 26.2 Å². The van der Waals surface area contributed by atoms with Crippen LogP contribution in [0, 0.1) is 0 Å². The minimum atomic E-state index is 0.405. The fourth-order valence-corrected chi connectivity index (χ4v) is 2.66. The molecule has 1 fully saturated rings. The van der Waals surface area contributed by atoms with E-state index in [0.29, 0.717) is 5.75 Å². The van der Waals surface area contributed by atoms with E-state index in [9.17, 15) is 5.11 Å². The molecule has 18 heavy (non-hydrogen) atoms. The molecule has 4 heteroatoms. The first-order valence-electron chi connectivity index (χ1n) is 6.53. The third-order valence-electron chi connectivity index (χ3n) is 3.56. The van der Waals surface area contributed by atoms with Crippen molar-refractivity contribution in [3.05, 3.63) is 28.2 Å². The number of piperazine rings is 1. The Balaban J connectivity index is 1.75. The van der Waals surface area contributed by atoms with Crippen molar-refractivity contribution in [2.75, 3.05) is 39.8 Å². The molecule has 0 radical (unpaired) electrons. The van der Waals surface area contributed by atoms with Crippen molar-refractivity contribution in [2.24, 2.45) is 0 Å². The van der Waals surface area contributed by atoms with Gasteiger partial charge in [-0.1, -0.05) is 22.0 Å². The Bertz CT molecular complexity index is 389. The summed E-state index contributed by atoms with van der Waals surface area (Å²) in [6.07, 6.45) is 2.06. The second-order valence-electron chi connectivity index (χ2n) is 5.02. The Morgan fingerprint density at radius 2 is 1.94 bits per heavy atom. The molecule has 2 rings (SSSR count). The quantitative estimate of drug-likeness (QED) is 0.924. The average Bonchev–Trinajstić information content (AvgIpc) is 2.34. The van der Waals surface area contributed by atoms with E-state index in [2.05, 4.69) is 32.8 Å². The molecule has 0 bridgehead atoms. The first-order valence-corrected chi connectivity index (χ1v) is 7.33. The highest BCUT2D eigenvalue weighted by Gasteiger charge is 2.13. The van der Waals surface area contributed by atoms with Gasteiger partial charge in [0.2, 0.25) is 0 Å². The Kier molecular flexibility index (Phi) is 5.03.